The lowest BCUT2D eigenvalue weighted by Gasteiger charge is -2.22. The van der Waals surface area contributed by atoms with Crippen LogP contribution >= 0.6 is 11.8 Å². The Bertz CT molecular complexity index is 699. The van der Waals surface area contributed by atoms with E-state index in [4.69, 9.17) is 9.72 Å². The molecule has 1 atom stereocenters. The van der Waals surface area contributed by atoms with Crippen molar-refractivity contribution in [1.82, 2.24) is 9.88 Å². The van der Waals surface area contributed by atoms with E-state index in [0.29, 0.717) is 0 Å². The van der Waals surface area contributed by atoms with Crippen LogP contribution in [0.25, 0.3) is 10.9 Å². The molecule has 0 spiro atoms. The molecule has 0 N–H and O–H groups in total. The Labute approximate surface area is 142 Å². The highest BCUT2D eigenvalue weighted by atomic mass is 32.2. The maximum atomic E-state index is 12.4. The van der Waals surface area contributed by atoms with Crippen molar-refractivity contribution in [2.75, 3.05) is 20.2 Å². The number of rotatable bonds is 6. The van der Waals surface area contributed by atoms with Crippen LogP contribution in [-0.2, 0) is 4.79 Å². The average molecular weight is 332 g/mol. The average Bonchev–Trinajstić information content (AvgIpc) is 2.55. The second-order valence-electron chi connectivity index (χ2n) is 5.40. The summed E-state index contributed by atoms with van der Waals surface area (Å²) >= 11 is 1.50. The highest BCUT2D eigenvalue weighted by molar-refractivity contribution is 8.00. The topological polar surface area (TPSA) is 42.4 Å². The third kappa shape index (κ3) is 3.78. The summed E-state index contributed by atoms with van der Waals surface area (Å²) in [5.41, 5.74) is 1.99. The number of benzene rings is 1. The summed E-state index contributed by atoms with van der Waals surface area (Å²) in [6, 6.07) is 7.96. The molecular formula is C18H24N2O2S. The van der Waals surface area contributed by atoms with Gasteiger partial charge in [-0.2, -0.15) is 0 Å². The molecule has 0 bridgehead atoms. The van der Waals surface area contributed by atoms with Crippen molar-refractivity contribution < 1.29 is 9.53 Å². The van der Waals surface area contributed by atoms with Gasteiger partial charge in [0.1, 0.15) is 11.3 Å². The summed E-state index contributed by atoms with van der Waals surface area (Å²) < 4.78 is 5.42. The Hall–Kier alpha value is -1.75. The van der Waals surface area contributed by atoms with Gasteiger partial charge < -0.3 is 9.64 Å². The Balaban J connectivity index is 2.32. The molecule has 1 heterocycles. The van der Waals surface area contributed by atoms with E-state index < -0.39 is 0 Å². The quantitative estimate of drug-likeness (QED) is 0.752. The number of amides is 1. The summed E-state index contributed by atoms with van der Waals surface area (Å²) in [6.45, 7) is 9.47. The van der Waals surface area contributed by atoms with Crippen molar-refractivity contribution in [3.63, 3.8) is 0 Å². The van der Waals surface area contributed by atoms with E-state index in [9.17, 15) is 4.79 Å². The molecular weight excluding hydrogens is 308 g/mol. The lowest BCUT2D eigenvalue weighted by atomic mass is 10.1. The molecule has 0 fully saturated rings. The van der Waals surface area contributed by atoms with Gasteiger partial charge in [0.25, 0.3) is 0 Å². The Morgan fingerprint density at radius 1 is 1.35 bits per heavy atom. The lowest BCUT2D eigenvalue weighted by Crippen LogP contribution is -2.36. The first kappa shape index (κ1) is 17.6. The minimum atomic E-state index is -0.158. The van der Waals surface area contributed by atoms with Crippen LogP contribution in [0.2, 0.25) is 0 Å². The molecule has 23 heavy (non-hydrogen) atoms. The number of carbonyl (C=O) groups excluding carboxylic acids is 1. The minimum absolute atomic E-state index is 0.152. The first-order valence-corrected chi connectivity index (χ1v) is 8.79. The fraction of sp³-hybridized carbons (Fsp3) is 0.444. The highest BCUT2D eigenvalue weighted by Gasteiger charge is 2.20. The van der Waals surface area contributed by atoms with Gasteiger partial charge in [-0.05, 0) is 45.4 Å². The number of thioether (sulfide) groups is 1. The molecule has 1 amide bonds. The molecule has 0 aliphatic heterocycles. The van der Waals surface area contributed by atoms with Gasteiger partial charge in [-0.15, -0.1) is 0 Å². The number of ether oxygens (including phenoxy) is 1. The molecule has 1 aromatic carbocycles. The molecule has 0 aliphatic rings. The second kappa shape index (κ2) is 7.68. The SMILES string of the molecule is CCN(CC)C(=O)[C@H](C)Sc1cc(C)c2cccc(OC)c2n1. The normalized spacial score (nSPS) is 12.2. The number of hydrogen-bond donors (Lipinski definition) is 0. The minimum Gasteiger partial charge on any atom is -0.494 e. The number of para-hydroxylation sites is 1. The molecule has 4 nitrogen and oxygen atoms in total. The standard InChI is InChI=1S/C18H24N2O2S/c1-6-20(7-2)18(21)13(4)23-16-11-12(3)14-9-8-10-15(22-5)17(14)19-16/h8-11,13H,6-7H2,1-5H3/t13-/m0/s1. The van der Waals surface area contributed by atoms with Gasteiger partial charge in [0, 0.05) is 18.5 Å². The van der Waals surface area contributed by atoms with Crippen LogP contribution in [-0.4, -0.2) is 41.2 Å². The number of aryl methyl sites for hydroxylation is 1. The first-order chi connectivity index (χ1) is 11.0. The zero-order chi connectivity index (χ0) is 17.0. The molecule has 0 radical (unpaired) electrons. The molecule has 5 heteroatoms. The van der Waals surface area contributed by atoms with E-state index in [1.807, 2.05) is 49.9 Å². The van der Waals surface area contributed by atoms with Crippen LogP contribution in [0.15, 0.2) is 29.3 Å². The van der Waals surface area contributed by atoms with Crippen molar-refractivity contribution in [2.45, 2.75) is 38.0 Å². The third-order valence-electron chi connectivity index (χ3n) is 3.93. The summed E-state index contributed by atoms with van der Waals surface area (Å²) in [4.78, 5) is 19.0. The van der Waals surface area contributed by atoms with Crippen LogP contribution in [0.3, 0.4) is 0 Å². The Morgan fingerprint density at radius 2 is 2.04 bits per heavy atom. The molecule has 0 saturated carbocycles. The van der Waals surface area contributed by atoms with Gasteiger partial charge >= 0.3 is 0 Å². The Morgan fingerprint density at radius 3 is 2.65 bits per heavy atom. The molecule has 124 valence electrons. The maximum Gasteiger partial charge on any atom is 0.235 e. The van der Waals surface area contributed by atoms with Crippen LogP contribution < -0.4 is 4.74 Å². The van der Waals surface area contributed by atoms with Gasteiger partial charge in [-0.3, -0.25) is 4.79 Å². The summed E-state index contributed by atoms with van der Waals surface area (Å²) in [7, 11) is 1.65. The number of pyridine rings is 1. The van der Waals surface area contributed by atoms with E-state index in [0.717, 1.165) is 40.3 Å². The molecule has 0 saturated heterocycles. The van der Waals surface area contributed by atoms with Crippen molar-refractivity contribution >= 4 is 28.6 Å². The molecule has 0 aliphatic carbocycles. The van der Waals surface area contributed by atoms with Crippen LogP contribution in [0, 0.1) is 6.92 Å². The number of carbonyl (C=O) groups is 1. The number of hydrogen-bond acceptors (Lipinski definition) is 4. The summed E-state index contributed by atoms with van der Waals surface area (Å²) in [6.07, 6.45) is 0. The molecule has 0 unspecified atom stereocenters. The Kier molecular flexibility index (Phi) is 5.88. The van der Waals surface area contributed by atoms with Gasteiger partial charge in [-0.25, -0.2) is 4.98 Å². The van der Waals surface area contributed by atoms with Gasteiger partial charge in [0.2, 0.25) is 5.91 Å². The van der Waals surface area contributed by atoms with Gasteiger partial charge in [0.05, 0.1) is 17.4 Å². The van der Waals surface area contributed by atoms with Crippen molar-refractivity contribution in [1.29, 1.82) is 0 Å². The predicted octanol–water partition coefficient (Wildman–Crippen LogP) is 3.90. The smallest absolute Gasteiger partial charge is 0.235 e. The fourth-order valence-electron chi connectivity index (χ4n) is 2.61. The van der Waals surface area contributed by atoms with Crippen molar-refractivity contribution in [3.05, 3.63) is 29.8 Å². The highest BCUT2D eigenvalue weighted by Crippen LogP contribution is 2.31. The summed E-state index contributed by atoms with van der Waals surface area (Å²) in [5.74, 6) is 0.912. The van der Waals surface area contributed by atoms with Gasteiger partial charge in [0.15, 0.2) is 0 Å². The number of aromatic nitrogens is 1. The molecule has 2 rings (SSSR count). The summed E-state index contributed by atoms with van der Waals surface area (Å²) in [5, 5.41) is 1.78. The van der Waals surface area contributed by atoms with Crippen molar-refractivity contribution in [2.24, 2.45) is 0 Å². The first-order valence-electron chi connectivity index (χ1n) is 7.91. The van der Waals surface area contributed by atoms with Crippen LogP contribution in [0.1, 0.15) is 26.3 Å². The maximum absolute atomic E-state index is 12.4. The largest absolute Gasteiger partial charge is 0.494 e. The third-order valence-corrected chi connectivity index (χ3v) is 4.93. The van der Waals surface area contributed by atoms with Gasteiger partial charge in [-0.1, -0.05) is 23.9 Å². The zero-order valence-corrected chi connectivity index (χ0v) is 15.2. The zero-order valence-electron chi connectivity index (χ0n) is 14.4. The van der Waals surface area contributed by atoms with E-state index >= 15 is 0 Å². The van der Waals surface area contributed by atoms with E-state index in [2.05, 4.69) is 6.92 Å². The number of nitrogens with zero attached hydrogens (tertiary/aromatic N) is 2. The van der Waals surface area contributed by atoms with Crippen LogP contribution in [0.4, 0.5) is 0 Å². The number of methoxy groups -OCH3 is 1. The van der Waals surface area contributed by atoms with E-state index in [-0.39, 0.29) is 11.2 Å². The lowest BCUT2D eigenvalue weighted by molar-refractivity contribution is -0.129. The van der Waals surface area contributed by atoms with Crippen LogP contribution in [0.5, 0.6) is 5.75 Å². The molecule has 1 aromatic heterocycles. The molecule has 2 aromatic rings. The fourth-order valence-corrected chi connectivity index (χ4v) is 3.61. The van der Waals surface area contributed by atoms with E-state index in [1.165, 1.54) is 11.8 Å². The monoisotopic (exact) mass is 332 g/mol. The predicted molar refractivity (Wildman–Crippen MR) is 96.3 cm³/mol. The second-order valence-corrected chi connectivity index (χ2v) is 6.77. The van der Waals surface area contributed by atoms with Crippen molar-refractivity contribution in [3.8, 4) is 5.75 Å². The van der Waals surface area contributed by atoms with E-state index in [1.54, 1.807) is 7.11 Å². The number of fused-ring (bicyclic) bond motifs is 1.